The normalized spacial score (nSPS) is 14.3. The summed E-state index contributed by atoms with van der Waals surface area (Å²) in [5.74, 6) is -0.540. The zero-order valence-corrected chi connectivity index (χ0v) is 17.4. The summed E-state index contributed by atoms with van der Waals surface area (Å²) in [5, 5.41) is 5.21. The number of aromatic nitrogens is 1. The summed E-state index contributed by atoms with van der Waals surface area (Å²) in [5.41, 5.74) is -0.0546. The van der Waals surface area contributed by atoms with E-state index in [1.807, 2.05) is 0 Å². The molecule has 1 aromatic carbocycles. The molecule has 0 saturated heterocycles. The number of hydrogen-bond acceptors (Lipinski definition) is 5. The Labute approximate surface area is 178 Å². The van der Waals surface area contributed by atoms with Crippen molar-refractivity contribution < 1.29 is 26.4 Å². The van der Waals surface area contributed by atoms with E-state index in [2.05, 4.69) is 20.3 Å². The molecule has 1 aliphatic carbocycles. The van der Waals surface area contributed by atoms with E-state index >= 15 is 0 Å². The van der Waals surface area contributed by atoms with Crippen LogP contribution in [-0.4, -0.2) is 38.4 Å². The Hall–Kier alpha value is -2.66. The van der Waals surface area contributed by atoms with Crippen molar-refractivity contribution in [3.05, 3.63) is 53.7 Å². The fraction of sp³-hybridized carbons (Fsp3) is 0.400. The van der Waals surface area contributed by atoms with E-state index in [4.69, 9.17) is 0 Å². The number of nitrogens with zero attached hydrogens (tertiary/aromatic N) is 1. The van der Waals surface area contributed by atoms with Crippen LogP contribution < -0.4 is 15.4 Å². The molecular formula is C20H23F3N4O3S. The molecule has 1 fully saturated rings. The van der Waals surface area contributed by atoms with Crippen LogP contribution in [0, 0.1) is 0 Å². The summed E-state index contributed by atoms with van der Waals surface area (Å²) in [6, 6.07) is 8.51. The molecule has 1 aliphatic rings. The molecule has 168 valence electrons. The summed E-state index contributed by atoms with van der Waals surface area (Å²) >= 11 is 0. The standard InChI is InChI=1S/C20H23F3N4O3S/c21-20(22,23)17-2-1-11-25-19(17)26-13-12-24-18(28)10-5-14-3-8-16(9-4-14)31(29,30)27-15-6-7-15/h1-4,8-9,11,15,27H,5-7,10,12-13H2,(H,24,28)(H,25,26). The highest BCUT2D eigenvalue weighted by atomic mass is 32.2. The first kappa shape index (κ1) is 23.0. The van der Waals surface area contributed by atoms with Gasteiger partial charge in [-0.2, -0.15) is 13.2 Å². The quantitative estimate of drug-likeness (QED) is 0.478. The second-order valence-electron chi connectivity index (χ2n) is 7.21. The number of anilines is 1. The van der Waals surface area contributed by atoms with E-state index in [1.54, 1.807) is 12.1 Å². The van der Waals surface area contributed by atoms with Gasteiger partial charge in [0.05, 0.1) is 10.5 Å². The van der Waals surface area contributed by atoms with Gasteiger partial charge in [0.15, 0.2) is 0 Å². The van der Waals surface area contributed by atoms with Crippen LogP contribution in [0.1, 0.15) is 30.4 Å². The number of nitrogens with one attached hydrogen (secondary N) is 3. The fourth-order valence-electron chi connectivity index (χ4n) is 2.83. The van der Waals surface area contributed by atoms with Crippen LogP contribution in [-0.2, 0) is 27.4 Å². The summed E-state index contributed by atoms with van der Waals surface area (Å²) < 4.78 is 65.6. The highest BCUT2D eigenvalue weighted by Gasteiger charge is 2.34. The van der Waals surface area contributed by atoms with Crippen LogP contribution in [0.3, 0.4) is 0 Å². The summed E-state index contributed by atoms with van der Waals surface area (Å²) in [6.45, 7) is 0.225. The topological polar surface area (TPSA) is 100 Å². The first-order valence-electron chi connectivity index (χ1n) is 9.79. The maximum atomic E-state index is 12.9. The number of aryl methyl sites for hydroxylation is 1. The highest BCUT2D eigenvalue weighted by molar-refractivity contribution is 7.89. The van der Waals surface area contributed by atoms with Crippen molar-refractivity contribution in [1.29, 1.82) is 0 Å². The lowest BCUT2D eigenvalue weighted by atomic mass is 10.1. The van der Waals surface area contributed by atoms with Gasteiger partial charge in [-0.05, 0) is 49.1 Å². The molecule has 0 spiro atoms. The van der Waals surface area contributed by atoms with Crippen LogP contribution in [0.15, 0.2) is 47.5 Å². The number of halogens is 3. The van der Waals surface area contributed by atoms with E-state index in [1.165, 1.54) is 24.4 Å². The number of carbonyl (C=O) groups is 1. The zero-order chi connectivity index (χ0) is 22.5. The van der Waals surface area contributed by atoms with Crippen molar-refractivity contribution in [1.82, 2.24) is 15.0 Å². The van der Waals surface area contributed by atoms with E-state index in [9.17, 15) is 26.4 Å². The van der Waals surface area contributed by atoms with Gasteiger partial charge in [-0.1, -0.05) is 12.1 Å². The Morgan fingerprint density at radius 2 is 1.81 bits per heavy atom. The number of amides is 1. The highest BCUT2D eigenvalue weighted by Crippen LogP contribution is 2.33. The van der Waals surface area contributed by atoms with Crippen LogP contribution >= 0.6 is 0 Å². The van der Waals surface area contributed by atoms with E-state index in [0.717, 1.165) is 24.5 Å². The van der Waals surface area contributed by atoms with E-state index < -0.39 is 21.8 Å². The van der Waals surface area contributed by atoms with Gasteiger partial charge in [0.2, 0.25) is 15.9 Å². The van der Waals surface area contributed by atoms with Crippen molar-refractivity contribution in [2.45, 2.75) is 42.8 Å². The number of hydrogen-bond donors (Lipinski definition) is 3. The maximum absolute atomic E-state index is 12.9. The van der Waals surface area contributed by atoms with Gasteiger partial charge in [0.25, 0.3) is 0 Å². The molecule has 1 aromatic heterocycles. The Bertz CT molecular complexity index is 1010. The van der Waals surface area contributed by atoms with Crippen LogP contribution in [0.2, 0.25) is 0 Å². The molecule has 1 amide bonds. The van der Waals surface area contributed by atoms with Crippen molar-refractivity contribution in [3.63, 3.8) is 0 Å². The van der Waals surface area contributed by atoms with E-state index in [-0.39, 0.29) is 42.2 Å². The molecule has 3 rings (SSSR count). The lowest BCUT2D eigenvalue weighted by molar-refractivity contribution is -0.137. The summed E-state index contributed by atoms with van der Waals surface area (Å²) in [7, 11) is -3.51. The molecular weight excluding hydrogens is 433 g/mol. The molecule has 1 heterocycles. The smallest absolute Gasteiger partial charge is 0.368 e. The number of benzene rings is 1. The van der Waals surface area contributed by atoms with Gasteiger partial charge in [0.1, 0.15) is 5.82 Å². The molecule has 11 heteroatoms. The average Bonchev–Trinajstić information content (AvgIpc) is 3.53. The van der Waals surface area contributed by atoms with Crippen molar-refractivity contribution in [2.75, 3.05) is 18.4 Å². The predicted molar refractivity (Wildman–Crippen MR) is 109 cm³/mol. The minimum atomic E-state index is -4.51. The average molecular weight is 456 g/mol. The predicted octanol–water partition coefficient (Wildman–Crippen LogP) is 2.70. The minimum absolute atomic E-state index is 0.0283. The molecule has 31 heavy (non-hydrogen) atoms. The third-order valence-corrected chi connectivity index (χ3v) is 6.16. The van der Waals surface area contributed by atoms with Crippen molar-refractivity contribution in [2.24, 2.45) is 0 Å². The first-order chi connectivity index (χ1) is 14.6. The van der Waals surface area contributed by atoms with Crippen LogP contribution in [0.25, 0.3) is 0 Å². The SMILES string of the molecule is O=C(CCc1ccc(S(=O)(=O)NC2CC2)cc1)NCCNc1ncccc1C(F)(F)F. The first-order valence-corrected chi connectivity index (χ1v) is 11.3. The van der Waals surface area contributed by atoms with Gasteiger partial charge < -0.3 is 10.6 Å². The molecule has 7 nitrogen and oxygen atoms in total. The van der Waals surface area contributed by atoms with Crippen LogP contribution in [0.5, 0.6) is 0 Å². The summed E-state index contributed by atoms with van der Waals surface area (Å²) in [6.07, 6.45) is -0.962. The Morgan fingerprint density at radius 1 is 1.10 bits per heavy atom. The van der Waals surface area contributed by atoms with Gasteiger partial charge in [-0.25, -0.2) is 18.1 Å². The Morgan fingerprint density at radius 3 is 2.45 bits per heavy atom. The van der Waals surface area contributed by atoms with Gasteiger partial charge >= 0.3 is 6.18 Å². The van der Waals surface area contributed by atoms with Gasteiger partial charge in [-0.15, -0.1) is 0 Å². The minimum Gasteiger partial charge on any atom is -0.368 e. The van der Waals surface area contributed by atoms with Crippen molar-refractivity contribution >= 4 is 21.7 Å². The molecule has 0 atom stereocenters. The lowest BCUT2D eigenvalue weighted by Gasteiger charge is -2.13. The third kappa shape index (κ3) is 6.93. The second kappa shape index (κ2) is 9.65. The molecule has 2 aromatic rings. The monoisotopic (exact) mass is 456 g/mol. The van der Waals surface area contributed by atoms with Crippen molar-refractivity contribution in [3.8, 4) is 0 Å². The largest absolute Gasteiger partial charge is 0.419 e. The molecule has 0 bridgehead atoms. The number of sulfonamides is 1. The molecule has 0 radical (unpaired) electrons. The molecule has 0 unspecified atom stereocenters. The number of carbonyl (C=O) groups excluding carboxylic acids is 1. The Balaban J connectivity index is 1.40. The van der Waals surface area contributed by atoms with Gasteiger partial charge in [-0.3, -0.25) is 4.79 Å². The molecule has 0 aliphatic heterocycles. The number of pyridine rings is 1. The third-order valence-electron chi connectivity index (χ3n) is 4.63. The number of rotatable bonds is 10. The number of alkyl halides is 3. The summed E-state index contributed by atoms with van der Waals surface area (Å²) in [4.78, 5) is 15.8. The maximum Gasteiger partial charge on any atom is 0.419 e. The fourth-order valence-corrected chi connectivity index (χ4v) is 4.13. The van der Waals surface area contributed by atoms with Crippen LogP contribution in [0.4, 0.5) is 19.0 Å². The van der Waals surface area contributed by atoms with Gasteiger partial charge in [0, 0.05) is 31.7 Å². The Kier molecular flexibility index (Phi) is 7.16. The zero-order valence-electron chi connectivity index (χ0n) is 16.6. The second-order valence-corrected chi connectivity index (χ2v) is 8.93. The lowest BCUT2D eigenvalue weighted by Crippen LogP contribution is -2.29. The van der Waals surface area contributed by atoms with E-state index in [0.29, 0.717) is 6.42 Å². The molecule has 3 N–H and O–H groups in total. The molecule has 1 saturated carbocycles.